The molecule has 0 aromatic heterocycles. The molecule has 1 saturated heterocycles. The van der Waals surface area contributed by atoms with Gasteiger partial charge in [0.05, 0.1) is 12.3 Å². The minimum atomic E-state index is -0.394. The second-order valence-electron chi connectivity index (χ2n) is 2.81. The summed E-state index contributed by atoms with van der Waals surface area (Å²) in [5, 5.41) is 0. The Bertz CT molecular complexity index is 218. The van der Waals surface area contributed by atoms with Crippen molar-refractivity contribution in [1.82, 2.24) is 0 Å². The molecule has 3 nitrogen and oxygen atoms in total. The molecule has 0 spiro atoms. The highest BCUT2D eigenvalue weighted by Crippen LogP contribution is 2.19. The lowest BCUT2D eigenvalue weighted by atomic mass is 10.0. The molecule has 1 aliphatic heterocycles. The van der Waals surface area contributed by atoms with Crippen LogP contribution in [0.4, 0.5) is 0 Å². The molecule has 0 amide bonds. The average molecular weight is 168 g/mol. The van der Waals surface area contributed by atoms with E-state index in [-0.39, 0.29) is 18.3 Å². The Morgan fingerprint density at radius 3 is 2.75 bits per heavy atom. The number of ether oxygens (including phenoxy) is 1. The van der Waals surface area contributed by atoms with Gasteiger partial charge in [0, 0.05) is 0 Å². The molecule has 0 aromatic rings. The third-order valence-corrected chi connectivity index (χ3v) is 1.78. The molecule has 0 saturated carbocycles. The zero-order valence-corrected chi connectivity index (χ0v) is 7.08. The number of carbonyl (C=O) groups is 2. The molecule has 0 radical (unpaired) electrons. The fraction of sp³-hybridized carbons (Fsp3) is 0.556. The molecule has 1 fully saturated rings. The van der Waals surface area contributed by atoms with Gasteiger partial charge in [-0.1, -0.05) is 19.1 Å². The van der Waals surface area contributed by atoms with Crippen molar-refractivity contribution in [1.29, 1.82) is 0 Å². The maximum Gasteiger partial charge on any atom is 0.317 e. The van der Waals surface area contributed by atoms with E-state index in [1.165, 1.54) is 0 Å². The van der Waals surface area contributed by atoms with Crippen LogP contribution in [0.3, 0.4) is 0 Å². The van der Waals surface area contributed by atoms with E-state index in [4.69, 9.17) is 0 Å². The van der Waals surface area contributed by atoms with E-state index in [0.717, 1.165) is 6.42 Å². The highest BCUT2D eigenvalue weighted by molar-refractivity contribution is 5.94. The van der Waals surface area contributed by atoms with Crippen molar-refractivity contribution in [3.63, 3.8) is 0 Å². The van der Waals surface area contributed by atoms with Crippen LogP contribution < -0.4 is 0 Å². The van der Waals surface area contributed by atoms with Gasteiger partial charge in [-0.15, -0.1) is 0 Å². The van der Waals surface area contributed by atoms with Crippen molar-refractivity contribution in [2.24, 2.45) is 5.92 Å². The summed E-state index contributed by atoms with van der Waals surface area (Å²) < 4.78 is 4.39. The van der Waals surface area contributed by atoms with Crippen LogP contribution in [0.25, 0.3) is 0 Å². The summed E-state index contributed by atoms with van der Waals surface area (Å²) in [7, 11) is 0. The fourth-order valence-electron chi connectivity index (χ4n) is 1.13. The SMILES string of the molecule is CCC=CCC1CC(=O)OC1=O. The minimum Gasteiger partial charge on any atom is -0.393 e. The van der Waals surface area contributed by atoms with Crippen molar-refractivity contribution in [3.05, 3.63) is 12.2 Å². The number of rotatable bonds is 3. The van der Waals surface area contributed by atoms with Gasteiger partial charge in [0.15, 0.2) is 0 Å². The molecule has 3 heteroatoms. The smallest absolute Gasteiger partial charge is 0.317 e. The number of carbonyl (C=O) groups excluding carboxylic acids is 2. The Morgan fingerprint density at radius 1 is 1.50 bits per heavy atom. The first kappa shape index (κ1) is 8.97. The van der Waals surface area contributed by atoms with Gasteiger partial charge in [0.1, 0.15) is 0 Å². The number of esters is 2. The average Bonchev–Trinajstić information content (AvgIpc) is 2.31. The molecule has 66 valence electrons. The van der Waals surface area contributed by atoms with Crippen LogP contribution in [0, 0.1) is 5.92 Å². The van der Waals surface area contributed by atoms with Crippen LogP contribution >= 0.6 is 0 Å². The van der Waals surface area contributed by atoms with Crippen molar-refractivity contribution < 1.29 is 14.3 Å². The second-order valence-corrected chi connectivity index (χ2v) is 2.81. The molecular weight excluding hydrogens is 156 g/mol. The first-order valence-corrected chi connectivity index (χ1v) is 4.13. The largest absolute Gasteiger partial charge is 0.393 e. The summed E-state index contributed by atoms with van der Waals surface area (Å²) in [6, 6.07) is 0. The van der Waals surface area contributed by atoms with Crippen molar-refractivity contribution in [2.75, 3.05) is 0 Å². The maximum absolute atomic E-state index is 10.9. The van der Waals surface area contributed by atoms with E-state index in [2.05, 4.69) is 4.74 Å². The molecule has 0 aromatic carbocycles. The molecule has 1 rings (SSSR count). The zero-order valence-electron chi connectivity index (χ0n) is 7.08. The van der Waals surface area contributed by atoms with Crippen LogP contribution in [0.1, 0.15) is 26.2 Å². The van der Waals surface area contributed by atoms with Gasteiger partial charge < -0.3 is 4.74 Å². The van der Waals surface area contributed by atoms with E-state index in [0.29, 0.717) is 6.42 Å². The number of hydrogen-bond acceptors (Lipinski definition) is 3. The first-order chi connectivity index (χ1) is 5.74. The third-order valence-electron chi connectivity index (χ3n) is 1.78. The normalized spacial score (nSPS) is 23.6. The van der Waals surface area contributed by atoms with E-state index in [9.17, 15) is 9.59 Å². The second kappa shape index (κ2) is 4.04. The summed E-state index contributed by atoms with van der Waals surface area (Å²) in [5.41, 5.74) is 0. The van der Waals surface area contributed by atoms with Gasteiger partial charge in [-0.3, -0.25) is 9.59 Å². The van der Waals surface area contributed by atoms with Crippen LogP contribution in [0.2, 0.25) is 0 Å². The summed E-state index contributed by atoms with van der Waals surface area (Å²) in [5.74, 6) is -1.00. The van der Waals surface area contributed by atoms with Crippen molar-refractivity contribution in [2.45, 2.75) is 26.2 Å². The molecule has 1 unspecified atom stereocenters. The molecule has 1 heterocycles. The Labute approximate surface area is 71.4 Å². The summed E-state index contributed by atoms with van der Waals surface area (Å²) in [6.07, 6.45) is 5.72. The highest BCUT2D eigenvalue weighted by atomic mass is 16.6. The first-order valence-electron chi connectivity index (χ1n) is 4.13. The topological polar surface area (TPSA) is 43.4 Å². The lowest BCUT2D eigenvalue weighted by Crippen LogP contribution is -2.05. The summed E-state index contributed by atoms with van der Waals surface area (Å²) in [4.78, 5) is 21.5. The Kier molecular flexibility index (Phi) is 3.02. The fourth-order valence-corrected chi connectivity index (χ4v) is 1.13. The van der Waals surface area contributed by atoms with Crippen LogP contribution in [0.5, 0.6) is 0 Å². The van der Waals surface area contributed by atoms with E-state index >= 15 is 0 Å². The molecule has 0 bridgehead atoms. The van der Waals surface area contributed by atoms with Crippen LogP contribution in [0.15, 0.2) is 12.2 Å². The molecule has 0 N–H and O–H groups in total. The van der Waals surface area contributed by atoms with Gasteiger partial charge in [0.25, 0.3) is 0 Å². The number of hydrogen-bond donors (Lipinski definition) is 0. The molecule has 12 heavy (non-hydrogen) atoms. The summed E-state index contributed by atoms with van der Waals surface area (Å²) >= 11 is 0. The van der Waals surface area contributed by atoms with Gasteiger partial charge in [-0.25, -0.2) is 0 Å². The molecule has 1 aliphatic rings. The van der Waals surface area contributed by atoms with E-state index < -0.39 is 5.97 Å². The quantitative estimate of drug-likeness (QED) is 0.364. The van der Waals surface area contributed by atoms with Gasteiger partial charge in [-0.2, -0.15) is 0 Å². The molecule has 0 aliphatic carbocycles. The standard InChI is InChI=1S/C9H12O3/c1-2-3-4-5-7-6-8(10)12-9(7)11/h3-4,7H,2,5-6H2,1H3. The van der Waals surface area contributed by atoms with Gasteiger partial charge in [0.2, 0.25) is 0 Å². The van der Waals surface area contributed by atoms with Crippen molar-refractivity contribution >= 4 is 11.9 Å². The molecule has 1 atom stereocenters. The lowest BCUT2D eigenvalue weighted by molar-refractivity contribution is -0.153. The minimum absolute atomic E-state index is 0.236. The van der Waals surface area contributed by atoms with Crippen LogP contribution in [-0.2, 0) is 14.3 Å². The predicted octanol–water partition coefficient (Wildman–Crippen LogP) is 1.43. The van der Waals surface area contributed by atoms with Gasteiger partial charge in [-0.05, 0) is 12.8 Å². The number of allylic oxidation sites excluding steroid dienone is 2. The third kappa shape index (κ3) is 2.19. The van der Waals surface area contributed by atoms with Gasteiger partial charge >= 0.3 is 11.9 Å². The number of cyclic esters (lactones) is 2. The van der Waals surface area contributed by atoms with Crippen molar-refractivity contribution in [3.8, 4) is 0 Å². The van der Waals surface area contributed by atoms with E-state index in [1.807, 2.05) is 19.1 Å². The Morgan fingerprint density at radius 2 is 2.25 bits per heavy atom. The maximum atomic E-state index is 10.9. The molecular formula is C9H12O3. The van der Waals surface area contributed by atoms with E-state index in [1.54, 1.807) is 0 Å². The highest BCUT2D eigenvalue weighted by Gasteiger charge is 2.31. The Hall–Kier alpha value is -1.12. The Balaban J connectivity index is 2.38. The van der Waals surface area contributed by atoms with Crippen LogP contribution in [-0.4, -0.2) is 11.9 Å². The zero-order chi connectivity index (χ0) is 8.97. The predicted molar refractivity (Wildman–Crippen MR) is 43.3 cm³/mol. The monoisotopic (exact) mass is 168 g/mol. The summed E-state index contributed by atoms with van der Waals surface area (Å²) in [6.45, 7) is 2.02. The lowest BCUT2D eigenvalue weighted by Gasteiger charge is -1.96.